The number of nitrogens with zero attached hydrogens (tertiary/aromatic N) is 3. The number of hydrogen-bond acceptors (Lipinski definition) is 5. The van der Waals surface area contributed by atoms with Crippen molar-refractivity contribution < 1.29 is 13.9 Å². The molecule has 0 saturated heterocycles. The van der Waals surface area contributed by atoms with Crippen LogP contribution >= 0.6 is 11.8 Å². The molecule has 3 aromatic rings. The third-order valence-electron chi connectivity index (χ3n) is 3.79. The van der Waals surface area contributed by atoms with Gasteiger partial charge in [-0.3, -0.25) is 14.3 Å². The molecule has 2 aromatic heterocycles. The first-order chi connectivity index (χ1) is 12.9. The van der Waals surface area contributed by atoms with Gasteiger partial charge in [-0.15, -0.1) is 0 Å². The van der Waals surface area contributed by atoms with E-state index in [9.17, 15) is 9.18 Å². The van der Waals surface area contributed by atoms with Crippen molar-refractivity contribution in [3.05, 3.63) is 65.9 Å². The number of aromatic nitrogens is 3. The van der Waals surface area contributed by atoms with E-state index in [2.05, 4.69) is 9.97 Å². The predicted octanol–water partition coefficient (Wildman–Crippen LogP) is 4.67. The van der Waals surface area contributed by atoms with Crippen LogP contribution in [-0.4, -0.2) is 20.5 Å². The Labute approximate surface area is 161 Å². The molecule has 3 rings (SSSR count). The lowest BCUT2D eigenvalue weighted by molar-refractivity contribution is -0.132. The van der Waals surface area contributed by atoms with Gasteiger partial charge in [0.05, 0.1) is 12.2 Å². The number of ether oxygens (including phenoxy) is 1. The van der Waals surface area contributed by atoms with Crippen molar-refractivity contribution in [1.82, 2.24) is 14.5 Å². The fourth-order valence-corrected chi connectivity index (χ4v) is 3.76. The van der Waals surface area contributed by atoms with Gasteiger partial charge in [-0.2, -0.15) is 4.98 Å². The number of rotatable bonds is 6. The van der Waals surface area contributed by atoms with Gasteiger partial charge >= 0.3 is 12.0 Å². The van der Waals surface area contributed by atoms with Gasteiger partial charge in [-0.25, -0.2) is 4.39 Å². The molecule has 2 heterocycles. The number of carbonyl (C=O) groups is 1. The van der Waals surface area contributed by atoms with Gasteiger partial charge in [0.2, 0.25) is 0 Å². The fourth-order valence-electron chi connectivity index (χ4n) is 2.58. The van der Waals surface area contributed by atoms with E-state index < -0.39 is 5.97 Å². The standard InChI is InChI=1S/C20H20FN3O2S/c1-13(2)18-19(27-17-6-4-5-16(21)11-17)24(20(23-18)26-14(3)25)12-15-7-9-22-10-8-15/h4-11,13H,12H2,1-3H3. The summed E-state index contributed by atoms with van der Waals surface area (Å²) in [6.45, 7) is 5.85. The molecule has 0 radical (unpaired) electrons. The molecular formula is C20H20FN3O2S. The second-order valence-corrected chi connectivity index (χ2v) is 7.40. The molecule has 0 N–H and O–H groups in total. The van der Waals surface area contributed by atoms with Crippen LogP contribution in [0.5, 0.6) is 6.01 Å². The Balaban J connectivity index is 2.09. The zero-order valence-electron chi connectivity index (χ0n) is 15.3. The largest absolute Gasteiger partial charge is 0.392 e. The van der Waals surface area contributed by atoms with Gasteiger partial charge in [0.1, 0.15) is 10.8 Å². The van der Waals surface area contributed by atoms with Crippen molar-refractivity contribution >= 4 is 17.7 Å². The lowest BCUT2D eigenvalue weighted by atomic mass is 10.1. The minimum absolute atomic E-state index is 0.106. The molecule has 0 bridgehead atoms. The van der Waals surface area contributed by atoms with Gasteiger partial charge in [-0.1, -0.05) is 31.7 Å². The van der Waals surface area contributed by atoms with Gasteiger partial charge in [0.25, 0.3) is 0 Å². The van der Waals surface area contributed by atoms with E-state index in [4.69, 9.17) is 4.74 Å². The number of benzene rings is 1. The zero-order valence-corrected chi connectivity index (χ0v) is 16.2. The second-order valence-electron chi connectivity index (χ2n) is 6.33. The molecule has 5 nitrogen and oxygen atoms in total. The Hall–Kier alpha value is -2.67. The highest BCUT2D eigenvalue weighted by Gasteiger charge is 2.23. The van der Waals surface area contributed by atoms with Crippen molar-refractivity contribution in [2.24, 2.45) is 0 Å². The van der Waals surface area contributed by atoms with Crippen LogP contribution in [0.4, 0.5) is 4.39 Å². The van der Waals surface area contributed by atoms with Crippen LogP contribution in [0.3, 0.4) is 0 Å². The lowest BCUT2D eigenvalue weighted by Gasteiger charge is -2.12. The molecule has 140 valence electrons. The number of imidazole rings is 1. The molecule has 0 amide bonds. The Morgan fingerprint density at radius 1 is 1.26 bits per heavy atom. The van der Waals surface area contributed by atoms with Crippen molar-refractivity contribution in [2.75, 3.05) is 0 Å². The van der Waals surface area contributed by atoms with Crippen LogP contribution < -0.4 is 4.74 Å². The molecular weight excluding hydrogens is 365 g/mol. The first kappa shape index (κ1) is 19.1. The molecule has 0 spiro atoms. The van der Waals surface area contributed by atoms with Gasteiger partial charge in [-0.05, 0) is 41.8 Å². The summed E-state index contributed by atoms with van der Waals surface area (Å²) < 4.78 is 20.9. The number of hydrogen-bond donors (Lipinski definition) is 0. The Bertz CT molecular complexity index is 942. The maximum Gasteiger partial charge on any atom is 0.310 e. The summed E-state index contributed by atoms with van der Waals surface area (Å²) in [5.74, 6) is -0.630. The van der Waals surface area contributed by atoms with E-state index in [-0.39, 0.29) is 17.7 Å². The average Bonchev–Trinajstić information content (AvgIpc) is 2.93. The molecule has 27 heavy (non-hydrogen) atoms. The van der Waals surface area contributed by atoms with Crippen LogP contribution in [0, 0.1) is 5.82 Å². The highest BCUT2D eigenvalue weighted by atomic mass is 32.2. The Morgan fingerprint density at radius 3 is 2.63 bits per heavy atom. The summed E-state index contributed by atoms with van der Waals surface area (Å²) in [5, 5.41) is 0.823. The Kier molecular flexibility index (Phi) is 5.91. The summed E-state index contributed by atoms with van der Waals surface area (Å²) in [7, 11) is 0. The minimum atomic E-state index is -0.436. The predicted molar refractivity (Wildman–Crippen MR) is 101 cm³/mol. The average molecular weight is 385 g/mol. The van der Waals surface area contributed by atoms with Crippen molar-refractivity contribution in [3.63, 3.8) is 0 Å². The van der Waals surface area contributed by atoms with Crippen molar-refractivity contribution in [1.29, 1.82) is 0 Å². The van der Waals surface area contributed by atoms with Gasteiger partial charge in [0, 0.05) is 24.2 Å². The van der Waals surface area contributed by atoms with E-state index in [1.165, 1.54) is 30.8 Å². The monoisotopic (exact) mass is 385 g/mol. The van der Waals surface area contributed by atoms with Crippen LogP contribution in [-0.2, 0) is 11.3 Å². The van der Waals surface area contributed by atoms with Crippen molar-refractivity contribution in [2.45, 2.75) is 43.2 Å². The van der Waals surface area contributed by atoms with E-state index in [1.54, 1.807) is 18.5 Å². The highest BCUT2D eigenvalue weighted by molar-refractivity contribution is 7.99. The molecule has 0 aliphatic rings. The smallest absolute Gasteiger partial charge is 0.310 e. The van der Waals surface area contributed by atoms with Crippen LogP contribution in [0.1, 0.15) is 37.9 Å². The molecule has 7 heteroatoms. The highest BCUT2D eigenvalue weighted by Crippen LogP contribution is 2.37. The maximum absolute atomic E-state index is 13.6. The van der Waals surface area contributed by atoms with E-state index in [0.29, 0.717) is 6.54 Å². The first-order valence-electron chi connectivity index (χ1n) is 8.55. The molecule has 1 aromatic carbocycles. The zero-order chi connectivity index (χ0) is 19.4. The summed E-state index contributed by atoms with van der Waals surface area (Å²) in [6.07, 6.45) is 3.42. The summed E-state index contributed by atoms with van der Waals surface area (Å²) in [4.78, 5) is 20.9. The Morgan fingerprint density at radius 2 is 2.00 bits per heavy atom. The third kappa shape index (κ3) is 4.74. The number of pyridine rings is 1. The van der Waals surface area contributed by atoms with Crippen LogP contribution in [0.25, 0.3) is 0 Å². The molecule has 0 fully saturated rings. The number of carbonyl (C=O) groups excluding carboxylic acids is 1. The molecule has 0 atom stereocenters. The summed E-state index contributed by atoms with van der Waals surface area (Å²) in [6, 6.07) is 10.4. The maximum atomic E-state index is 13.6. The normalized spacial score (nSPS) is 11.0. The SMILES string of the molecule is CC(=O)Oc1nc(C(C)C)c(Sc2cccc(F)c2)n1Cc1ccncc1. The number of esters is 1. The van der Waals surface area contributed by atoms with Crippen LogP contribution in [0.2, 0.25) is 0 Å². The molecule has 0 aliphatic heterocycles. The quantitative estimate of drug-likeness (QED) is 0.578. The molecule has 0 saturated carbocycles. The van der Waals surface area contributed by atoms with E-state index >= 15 is 0 Å². The van der Waals surface area contributed by atoms with Crippen molar-refractivity contribution in [3.8, 4) is 6.01 Å². The van der Waals surface area contributed by atoms with Crippen LogP contribution in [0.15, 0.2) is 58.7 Å². The minimum Gasteiger partial charge on any atom is -0.392 e. The molecule has 0 unspecified atom stereocenters. The molecule has 0 aliphatic carbocycles. The summed E-state index contributed by atoms with van der Waals surface area (Å²) in [5.41, 5.74) is 1.79. The fraction of sp³-hybridized carbons (Fsp3) is 0.250. The summed E-state index contributed by atoms with van der Waals surface area (Å²) >= 11 is 1.40. The van der Waals surface area contributed by atoms with E-state index in [1.807, 2.05) is 36.6 Å². The van der Waals surface area contributed by atoms with Gasteiger partial charge in [0.15, 0.2) is 0 Å². The number of halogens is 1. The van der Waals surface area contributed by atoms with Gasteiger partial charge < -0.3 is 4.74 Å². The first-order valence-corrected chi connectivity index (χ1v) is 9.37. The second kappa shape index (κ2) is 8.35. The third-order valence-corrected chi connectivity index (χ3v) is 4.91. The van der Waals surface area contributed by atoms with E-state index in [0.717, 1.165) is 21.2 Å². The topological polar surface area (TPSA) is 57.0 Å². The lowest BCUT2D eigenvalue weighted by Crippen LogP contribution is -2.10.